The minimum absolute atomic E-state index is 0.0976. The van der Waals surface area contributed by atoms with E-state index >= 15 is 0 Å². The molecule has 1 aromatic carbocycles. The van der Waals surface area contributed by atoms with E-state index in [4.69, 9.17) is 13.9 Å². The molecule has 0 radical (unpaired) electrons. The second-order valence-electron chi connectivity index (χ2n) is 5.80. The average molecular weight is 324 g/mol. The Kier molecular flexibility index (Phi) is 3.45. The molecule has 2 aromatic heterocycles. The Labute approximate surface area is 138 Å². The van der Waals surface area contributed by atoms with Crippen LogP contribution in [0.2, 0.25) is 0 Å². The van der Waals surface area contributed by atoms with Crippen LogP contribution < -0.4 is 15.1 Å². The summed E-state index contributed by atoms with van der Waals surface area (Å²) in [7, 11) is 3.22. The van der Waals surface area contributed by atoms with Crippen molar-refractivity contribution in [3.63, 3.8) is 0 Å². The average Bonchev–Trinajstić information content (AvgIpc) is 3.42. The van der Waals surface area contributed by atoms with Gasteiger partial charge in [0, 0.05) is 12.1 Å². The van der Waals surface area contributed by atoms with Gasteiger partial charge >= 0.3 is 5.63 Å². The molecular formula is C18H16N2O4. The first-order chi connectivity index (χ1) is 11.7. The first kappa shape index (κ1) is 14.7. The van der Waals surface area contributed by atoms with Crippen LogP contribution in [0.1, 0.15) is 29.7 Å². The van der Waals surface area contributed by atoms with Gasteiger partial charge in [-0.15, -0.1) is 0 Å². The number of benzene rings is 1. The molecule has 0 amide bonds. The van der Waals surface area contributed by atoms with Crippen molar-refractivity contribution in [2.45, 2.75) is 18.3 Å². The third-order valence-corrected chi connectivity index (χ3v) is 4.39. The zero-order chi connectivity index (χ0) is 16.7. The lowest BCUT2D eigenvalue weighted by molar-refractivity contribution is 0.354. The van der Waals surface area contributed by atoms with Crippen molar-refractivity contribution in [3.05, 3.63) is 58.5 Å². The molecule has 0 spiro atoms. The number of pyridine rings is 1. The van der Waals surface area contributed by atoms with E-state index < -0.39 is 0 Å². The van der Waals surface area contributed by atoms with E-state index in [-0.39, 0.29) is 17.5 Å². The summed E-state index contributed by atoms with van der Waals surface area (Å²) in [6.07, 6.45) is 4.03. The summed E-state index contributed by atoms with van der Waals surface area (Å²) in [5.74, 6) is 2.22. The van der Waals surface area contributed by atoms with Crippen molar-refractivity contribution < 1.29 is 13.9 Å². The molecule has 0 bridgehead atoms. The second kappa shape index (κ2) is 5.63. The van der Waals surface area contributed by atoms with E-state index in [1.807, 2.05) is 18.2 Å². The SMILES string of the molecule is COc1ccc(C2CC2c2nc3cnccc3c(=O)o2)cc1OC. The summed E-state index contributed by atoms with van der Waals surface area (Å²) >= 11 is 0. The molecule has 2 heterocycles. The van der Waals surface area contributed by atoms with E-state index in [1.54, 1.807) is 32.7 Å². The largest absolute Gasteiger partial charge is 0.493 e. The molecule has 1 fully saturated rings. The van der Waals surface area contributed by atoms with Crippen molar-refractivity contribution in [1.82, 2.24) is 9.97 Å². The molecule has 122 valence electrons. The minimum Gasteiger partial charge on any atom is -0.493 e. The number of hydrogen-bond donors (Lipinski definition) is 0. The minimum atomic E-state index is -0.365. The molecule has 0 N–H and O–H groups in total. The van der Waals surface area contributed by atoms with E-state index in [9.17, 15) is 4.79 Å². The van der Waals surface area contributed by atoms with Crippen LogP contribution in [-0.4, -0.2) is 24.2 Å². The molecule has 3 aromatic rings. The lowest BCUT2D eigenvalue weighted by Crippen LogP contribution is -2.05. The highest BCUT2D eigenvalue weighted by atomic mass is 16.5. The summed E-state index contributed by atoms with van der Waals surface area (Å²) in [4.78, 5) is 20.6. The third-order valence-electron chi connectivity index (χ3n) is 4.39. The van der Waals surface area contributed by atoms with Crippen LogP contribution in [0, 0.1) is 0 Å². The van der Waals surface area contributed by atoms with E-state index in [2.05, 4.69) is 9.97 Å². The van der Waals surface area contributed by atoms with Gasteiger partial charge in [0.2, 0.25) is 5.89 Å². The summed E-state index contributed by atoms with van der Waals surface area (Å²) in [5.41, 5.74) is 1.32. The lowest BCUT2D eigenvalue weighted by Gasteiger charge is -2.09. The zero-order valence-electron chi connectivity index (χ0n) is 13.4. The molecular weight excluding hydrogens is 308 g/mol. The Morgan fingerprint density at radius 2 is 1.96 bits per heavy atom. The fourth-order valence-electron chi connectivity index (χ4n) is 3.02. The smallest absolute Gasteiger partial charge is 0.346 e. The Morgan fingerprint density at radius 1 is 1.12 bits per heavy atom. The number of hydrogen-bond acceptors (Lipinski definition) is 6. The maximum absolute atomic E-state index is 12.1. The first-order valence-electron chi connectivity index (χ1n) is 7.68. The Balaban J connectivity index is 1.66. The predicted molar refractivity (Wildman–Crippen MR) is 87.7 cm³/mol. The van der Waals surface area contributed by atoms with E-state index in [0.29, 0.717) is 28.3 Å². The van der Waals surface area contributed by atoms with Gasteiger partial charge in [-0.2, -0.15) is 0 Å². The maximum atomic E-state index is 12.1. The molecule has 2 unspecified atom stereocenters. The van der Waals surface area contributed by atoms with Crippen molar-refractivity contribution in [2.24, 2.45) is 0 Å². The van der Waals surface area contributed by atoms with Crippen molar-refractivity contribution in [1.29, 1.82) is 0 Å². The molecule has 4 rings (SSSR count). The lowest BCUT2D eigenvalue weighted by atomic mass is 10.1. The molecule has 1 aliphatic carbocycles. The molecule has 2 atom stereocenters. The van der Waals surface area contributed by atoms with Crippen LogP contribution in [0.15, 0.2) is 45.9 Å². The fraction of sp³-hybridized carbons (Fsp3) is 0.278. The first-order valence-corrected chi connectivity index (χ1v) is 7.68. The number of aromatic nitrogens is 2. The van der Waals surface area contributed by atoms with Crippen LogP contribution in [0.25, 0.3) is 10.9 Å². The van der Waals surface area contributed by atoms with Crippen LogP contribution in [-0.2, 0) is 0 Å². The normalized spacial score (nSPS) is 19.2. The molecule has 6 heteroatoms. The van der Waals surface area contributed by atoms with Gasteiger partial charge in [0.15, 0.2) is 11.5 Å². The van der Waals surface area contributed by atoms with Crippen molar-refractivity contribution in [3.8, 4) is 11.5 Å². The number of nitrogens with zero attached hydrogens (tertiary/aromatic N) is 2. The molecule has 24 heavy (non-hydrogen) atoms. The van der Waals surface area contributed by atoms with Crippen LogP contribution in [0.4, 0.5) is 0 Å². The number of ether oxygens (including phenoxy) is 2. The summed E-state index contributed by atoms with van der Waals surface area (Å²) in [6, 6.07) is 7.48. The molecule has 6 nitrogen and oxygen atoms in total. The van der Waals surface area contributed by atoms with Gasteiger partial charge < -0.3 is 13.9 Å². The third kappa shape index (κ3) is 2.40. The predicted octanol–water partition coefficient (Wildman–Crippen LogP) is 2.87. The highest BCUT2D eigenvalue weighted by Gasteiger charge is 2.43. The molecule has 0 aliphatic heterocycles. The Hall–Kier alpha value is -2.89. The topological polar surface area (TPSA) is 74.5 Å². The Bertz CT molecular complexity index is 967. The van der Waals surface area contributed by atoms with Gasteiger partial charge in [-0.25, -0.2) is 9.78 Å². The molecule has 0 saturated heterocycles. The number of rotatable bonds is 4. The van der Waals surface area contributed by atoms with Gasteiger partial charge in [0.1, 0.15) is 0 Å². The monoisotopic (exact) mass is 324 g/mol. The summed E-state index contributed by atoms with van der Waals surface area (Å²) in [5, 5.41) is 0.456. The van der Waals surface area contributed by atoms with Crippen molar-refractivity contribution >= 4 is 10.9 Å². The zero-order valence-corrected chi connectivity index (χ0v) is 13.4. The standard InChI is InChI=1S/C18H16N2O4/c1-22-15-4-3-10(7-16(15)23-2)12-8-13(12)17-20-14-9-19-6-5-11(14)18(21)24-17/h3-7,9,12-13H,8H2,1-2H3. The van der Waals surface area contributed by atoms with Crippen LogP contribution >= 0.6 is 0 Å². The van der Waals surface area contributed by atoms with E-state index in [1.165, 1.54) is 0 Å². The van der Waals surface area contributed by atoms with Gasteiger partial charge in [-0.1, -0.05) is 6.07 Å². The second-order valence-corrected chi connectivity index (χ2v) is 5.80. The summed E-state index contributed by atoms with van der Waals surface area (Å²) in [6.45, 7) is 0. The number of methoxy groups -OCH3 is 2. The molecule has 1 saturated carbocycles. The highest BCUT2D eigenvalue weighted by Crippen LogP contribution is 2.54. The van der Waals surface area contributed by atoms with Crippen LogP contribution in [0.3, 0.4) is 0 Å². The van der Waals surface area contributed by atoms with Gasteiger partial charge in [-0.05, 0) is 36.1 Å². The van der Waals surface area contributed by atoms with E-state index in [0.717, 1.165) is 12.0 Å². The fourth-order valence-corrected chi connectivity index (χ4v) is 3.02. The van der Waals surface area contributed by atoms with Crippen molar-refractivity contribution in [2.75, 3.05) is 14.2 Å². The quantitative estimate of drug-likeness (QED) is 0.734. The van der Waals surface area contributed by atoms with Gasteiger partial charge in [0.05, 0.1) is 31.3 Å². The maximum Gasteiger partial charge on any atom is 0.346 e. The summed E-state index contributed by atoms with van der Waals surface area (Å²) < 4.78 is 16.0. The Morgan fingerprint density at radius 3 is 2.75 bits per heavy atom. The highest BCUT2D eigenvalue weighted by molar-refractivity contribution is 5.75. The van der Waals surface area contributed by atoms with Gasteiger partial charge in [0.25, 0.3) is 0 Å². The number of fused-ring (bicyclic) bond motifs is 1. The van der Waals surface area contributed by atoms with Crippen LogP contribution in [0.5, 0.6) is 11.5 Å². The molecule has 1 aliphatic rings. The van der Waals surface area contributed by atoms with Gasteiger partial charge in [-0.3, -0.25) is 4.98 Å².